The smallest absolute Gasteiger partial charge is 0.163 e. The molecular formula is C10H13NO2S. The van der Waals surface area contributed by atoms with E-state index >= 15 is 0 Å². The number of aliphatic hydroxyl groups is 1. The Bertz CT molecular complexity index is 372. The summed E-state index contributed by atoms with van der Waals surface area (Å²) in [6.45, 7) is 3.93. The second kappa shape index (κ2) is 3.37. The monoisotopic (exact) mass is 211 g/mol. The van der Waals surface area contributed by atoms with Crippen molar-refractivity contribution in [2.24, 2.45) is 5.16 Å². The van der Waals surface area contributed by atoms with Gasteiger partial charge in [-0.3, -0.25) is 0 Å². The molecule has 2 heterocycles. The molecule has 1 atom stereocenters. The van der Waals surface area contributed by atoms with Crippen LogP contribution in [-0.2, 0) is 4.84 Å². The highest BCUT2D eigenvalue weighted by Gasteiger charge is 2.34. The van der Waals surface area contributed by atoms with Crippen molar-refractivity contribution in [2.45, 2.75) is 25.9 Å². The number of aliphatic hydroxyl groups excluding tert-OH is 1. The molecule has 1 N–H and O–H groups in total. The normalized spacial score (nSPS) is 26.1. The van der Waals surface area contributed by atoms with Crippen molar-refractivity contribution in [3.63, 3.8) is 0 Å². The quantitative estimate of drug-likeness (QED) is 0.812. The van der Waals surface area contributed by atoms with E-state index in [-0.39, 0.29) is 6.61 Å². The Morgan fingerprint density at radius 2 is 2.50 bits per heavy atom. The van der Waals surface area contributed by atoms with Crippen LogP contribution in [0.3, 0.4) is 0 Å². The topological polar surface area (TPSA) is 41.8 Å². The first-order valence-electron chi connectivity index (χ1n) is 4.55. The minimum absolute atomic E-state index is 0.00439. The summed E-state index contributed by atoms with van der Waals surface area (Å²) < 4.78 is 0. The van der Waals surface area contributed by atoms with Gasteiger partial charge in [0.05, 0.1) is 11.5 Å². The maximum Gasteiger partial charge on any atom is 0.163 e. The summed E-state index contributed by atoms with van der Waals surface area (Å²) in [6.07, 6.45) is 0.685. The Morgan fingerprint density at radius 3 is 3.00 bits per heavy atom. The fraction of sp³-hybridized carbons (Fsp3) is 0.500. The Kier molecular flexibility index (Phi) is 2.33. The van der Waals surface area contributed by atoms with E-state index in [1.807, 2.05) is 12.3 Å². The van der Waals surface area contributed by atoms with Crippen LogP contribution in [0.25, 0.3) is 0 Å². The minimum Gasteiger partial charge on any atom is -0.392 e. The van der Waals surface area contributed by atoms with Gasteiger partial charge in [-0.15, -0.1) is 11.3 Å². The highest BCUT2D eigenvalue weighted by Crippen LogP contribution is 2.29. The van der Waals surface area contributed by atoms with Gasteiger partial charge in [0.25, 0.3) is 0 Å². The largest absolute Gasteiger partial charge is 0.392 e. The number of rotatable bonds is 2. The number of aryl methyl sites for hydroxylation is 1. The third kappa shape index (κ3) is 1.55. The van der Waals surface area contributed by atoms with Gasteiger partial charge in [-0.25, -0.2) is 0 Å². The van der Waals surface area contributed by atoms with Gasteiger partial charge < -0.3 is 9.94 Å². The third-order valence-corrected chi connectivity index (χ3v) is 3.44. The Hall–Kier alpha value is -0.870. The predicted molar refractivity (Wildman–Crippen MR) is 56.8 cm³/mol. The fourth-order valence-corrected chi connectivity index (χ4v) is 2.37. The molecule has 0 radical (unpaired) electrons. The molecule has 0 aliphatic carbocycles. The first-order chi connectivity index (χ1) is 6.64. The number of oxime groups is 1. The summed E-state index contributed by atoms with van der Waals surface area (Å²) in [6, 6.07) is 2.07. The van der Waals surface area contributed by atoms with Crippen molar-refractivity contribution in [3.8, 4) is 0 Å². The molecule has 1 aromatic heterocycles. The fourth-order valence-electron chi connectivity index (χ4n) is 1.46. The standard InChI is InChI=1S/C10H13NO2S/c1-7-3-4-14-9(7)8-5-10(2,6-12)13-11-8/h3-4,12H,5-6H2,1-2H3/t10-/m1/s1. The highest BCUT2D eigenvalue weighted by molar-refractivity contribution is 7.12. The van der Waals surface area contributed by atoms with E-state index in [0.29, 0.717) is 6.42 Å². The van der Waals surface area contributed by atoms with Gasteiger partial charge >= 0.3 is 0 Å². The lowest BCUT2D eigenvalue weighted by Crippen LogP contribution is -2.29. The number of thiophene rings is 1. The van der Waals surface area contributed by atoms with Crippen LogP contribution in [0.15, 0.2) is 16.6 Å². The Balaban J connectivity index is 2.21. The third-order valence-electron chi connectivity index (χ3n) is 2.38. The zero-order valence-electron chi connectivity index (χ0n) is 8.28. The molecule has 0 fully saturated rings. The van der Waals surface area contributed by atoms with Crippen LogP contribution in [0.4, 0.5) is 0 Å². The summed E-state index contributed by atoms with van der Waals surface area (Å²) in [7, 11) is 0. The van der Waals surface area contributed by atoms with E-state index in [1.165, 1.54) is 10.4 Å². The van der Waals surface area contributed by atoms with Crippen molar-refractivity contribution in [1.82, 2.24) is 0 Å². The maximum atomic E-state index is 9.11. The average Bonchev–Trinajstić information content (AvgIpc) is 2.73. The molecule has 0 aromatic carbocycles. The molecule has 0 bridgehead atoms. The molecule has 76 valence electrons. The lowest BCUT2D eigenvalue weighted by molar-refractivity contribution is -0.0428. The molecule has 0 amide bonds. The van der Waals surface area contributed by atoms with Crippen LogP contribution in [0.1, 0.15) is 23.8 Å². The van der Waals surface area contributed by atoms with Gasteiger partial charge in [-0.2, -0.15) is 0 Å². The zero-order valence-corrected chi connectivity index (χ0v) is 9.10. The van der Waals surface area contributed by atoms with Crippen LogP contribution >= 0.6 is 11.3 Å². The van der Waals surface area contributed by atoms with Crippen molar-refractivity contribution >= 4 is 17.0 Å². The van der Waals surface area contributed by atoms with E-state index in [9.17, 15) is 0 Å². The van der Waals surface area contributed by atoms with Gasteiger partial charge in [0.15, 0.2) is 5.60 Å². The predicted octanol–water partition coefficient (Wildman–Crippen LogP) is 1.93. The molecule has 4 heteroatoms. The van der Waals surface area contributed by atoms with E-state index in [4.69, 9.17) is 9.94 Å². The lowest BCUT2D eigenvalue weighted by atomic mass is 9.99. The molecule has 3 nitrogen and oxygen atoms in total. The molecule has 1 aliphatic rings. The van der Waals surface area contributed by atoms with Crippen molar-refractivity contribution in [2.75, 3.05) is 6.61 Å². The SMILES string of the molecule is Cc1ccsc1C1=NO[C@@](C)(CO)C1. The second-order valence-corrected chi connectivity index (χ2v) is 4.76. The molecule has 1 aromatic rings. The van der Waals surface area contributed by atoms with Gasteiger partial charge in [-0.1, -0.05) is 5.16 Å². The Labute approximate surface area is 87.0 Å². The molecular weight excluding hydrogens is 198 g/mol. The maximum absolute atomic E-state index is 9.11. The second-order valence-electron chi connectivity index (χ2n) is 3.85. The van der Waals surface area contributed by atoms with E-state index in [1.54, 1.807) is 11.3 Å². The molecule has 0 unspecified atom stereocenters. The minimum atomic E-state index is -0.522. The van der Waals surface area contributed by atoms with Crippen LogP contribution in [0, 0.1) is 6.92 Å². The highest BCUT2D eigenvalue weighted by atomic mass is 32.1. The summed E-state index contributed by atoms with van der Waals surface area (Å²) in [5.74, 6) is 0. The van der Waals surface area contributed by atoms with Gasteiger partial charge in [-0.05, 0) is 30.9 Å². The van der Waals surface area contributed by atoms with Gasteiger partial charge in [0.1, 0.15) is 5.71 Å². The van der Waals surface area contributed by atoms with Crippen LogP contribution in [0.5, 0.6) is 0 Å². The zero-order chi connectivity index (χ0) is 10.2. The summed E-state index contributed by atoms with van der Waals surface area (Å²) in [4.78, 5) is 6.39. The number of nitrogens with zero attached hydrogens (tertiary/aromatic N) is 1. The van der Waals surface area contributed by atoms with Crippen LogP contribution in [0.2, 0.25) is 0 Å². The first-order valence-corrected chi connectivity index (χ1v) is 5.43. The molecule has 14 heavy (non-hydrogen) atoms. The summed E-state index contributed by atoms with van der Waals surface area (Å²) in [5.41, 5.74) is 1.65. The van der Waals surface area contributed by atoms with E-state index in [2.05, 4.69) is 18.1 Å². The van der Waals surface area contributed by atoms with Gasteiger partial charge in [0.2, 0.25) is 0 Å². The number of hydrogen-bond donors (Lipinski definition) is 1. The average molecular weight is 211 g/mol. The molecule has 2 rings (SSSR count). The molecule has 1 aliphatic heterocycles. The van der Waals surface area contributed by atoms with E-state index in [0.717, 1.165) is 5.71 Å². The van der Waals surface area contributed by atoms with Crippen molar-refractivity contribution in [1.29, 1.82) is 0 Å². The molecule has 0 saturated carbocycles. The van der Waals surface area contributed by atoms with Crippen LogP contribution < -0.4 is 0 Å². The van der Waals surface area contributed by atoms with Crippen molar-refractivity contribution < 1.29 is 9.94 Å². The summed E-state index contributed by atoms with van der Waals surface area (Å²) >= 11 is 1.67. The first kappa shape index (κ1) is 9.68. The number of hydrogen-bond acceptors (Lipinski definition) is 4. The lowest BCUT2D eigenvalue weighted by Gasteiger charge is -2.17. The van der Waals surface area contributed by atoms with Crippen LogP contribution in [-0.4, -0.2) is 23.0 Å². The summed E-state index contributed by atoms with van der Waals surface area (Å²) in [5, 5.41) is 15.2. The Morgan fingerprint density at radius 1 is 1.71 bits per heavy atom. The van der Waals surface area contributed by atoms with Crippen molar-refractivity contribution in [3.05, 3.63) is 21.9 Å². The van der Waals surface area contributed by atoms with E-state index < -0.39 is 5.60 Å². The van der Waals surface area contributed by atoms with Gasteiger partial charge in [0, 0.05) is 6.42 Å². The molecule has 0 spiro atoms. The molecule has 0 saturated heterocycles.